The SMILES string of the molecule is CCc1c(C)n(C(C)C)c2c(C(=O)O)c(C)ccc12. The number of carboxylic acids is 1. The lowest BCUT2D eigenvalue weighted by Gasteiger charge is -2.15. The van der Waals surface area contributed by atoms with Crippen LogP contribution in [-0.2, 0) is 6.42 Å². The molecule has 3 heteroatoms. The summed E-state index contributed by atoms with van der Waals surface area (Å²) >= 11 is 0. The number of aromatic nitrogens is 1. The monoisotopic (exact) mass is 259 g/mol. The molecule has 0 spiro atoms. The molecule has 1 N–H and O–H groups in total. The first kappa shape index (κ1) is 13.7. The predicted molar refractivity (Wildman–Crippen MR) is 78.1 cm³/mol. The first-order chi connectivity index (χ1) is 8.90. The Balaban J connectivity index is 3.03. The number of hydrogen-bond acceptors (Lipinski definition) is 1. The third kappa shape index (κ3) is 1.93. The highest BCUT2D eigenvalue weighted by atomic mass is 16.4. The molecule has 0 unspecified atom stereocenters. The number of aromatic carboxylic acids is 1. The Morgan fingerprint density at radius 1 is 1.32 bits per heavy atom. The van der Waals surface area contributed by atoms with E-state index in [1.54, 1.807) is 0 Å². The molecule has 1 aromatic heterocycles. The van der Waals surface area contributed by atoms with Crippen molar-refractivity contribution in [3.8, 4) is 0 Å². The molecule has 0 aliphatic rings. The molecule has 0 atom stereocenters. The van der Waals surface area contributed by atoms with E-state index in [0.717, 1.165) is 22.9 Å². The van der Waals surface area contributed by atoms with Gasteiger partial charge in [-0.05, 0) is 45.2 Å². The van der Waals surface area contributed by atoms with Gasteiger partial charge >= 0.3 is 5.97 Å². The number of carbonyl (C=O) groups is 1. The standard InChI is InChI=1S/C16H21NO2/c1-6-12-11(5)17(9(2)3)15-13(12)8-7-10(4)14(15)16(18)19/h7-9H,6H2,1-5H3,(H,18,19). The Kier molecular flexibility index (Phi) is 3.40. The van der Waals surface area contributed by atoms with Gasteiger partial charge in [0.25, 0.3) is 0 Å². The lowest BCUT2D eigenvalue weighted by Crippen LogP contribution is -2.08. The van der Waals surface area contributed by atoms with Crippen molar-refractivity contribution in [1.82, 2.24) is 4.57 Å². The van der Waals surface area contributed by atoms with Crippen LogP contribution in [0.1, 0.15) is 54.0 Å². The molecular weight excluding hydrogens is 238 g/mol. The molecule has 0 saturated heterocycles. The van der Waals surface area contributed by atoms with Crippen LogP contribution in [-0.4, -0.2) is 15.6 Å². The Morgan fingerprint density at radius 3 is 2.42 bits per heavy atom. The zero-order valence-corrected chi connectivity index (χ0v) is 12.2. The summed E-state index contributed by atoms with van der Waals surface area (Å²) in [5.41, 5.74) is 4.57. The van der Waals surface area contributed by atoms with E-state index in [2.05, 4.69) is 38.3 Å². The third-order valence-electron chi connectivity index (χ3n) is 3.83. The minimum absolute atomic E-state index is 0.252. The normalized spacial score (nSPS) is 11.5. The first-order valence-corrected chi connectivity index (χ1v) is 6.76. The quantitative estimate of drug-likeness (QED) is 0.901. The van der Waals surface area contributed by atoms with Crippen LogP contribution in [0.4, 0.5) is 0 Å². The second kappa shape index (κ2) is 4.72. The van der Waals surface area contributed by atoms with Crippen molar-refractivity contribution in [2.45, 2.75) is 47.1 Å². The molecule has 0 amide bonds. The molecule has 0 radical (unpaired) electrons. The summed E-state index contributed by atoms with van der Waals surface area (Å²) in [6, 6.07) is 4.22. The smallest absolute Gasteiger partial charge is 0.338 e. The van der Waals surface area contributed by atoms with E-state index in [1.165, 1.54) is 11.3 Å². The van der Waals surface area contributed by atoms with Gasteiger partial charge in [0, 0.05) is 17.1 Å². The molecule has 102 valence electrons. The number of aryl methyl sites for hydroxylation is 2. The van der Waals surface area contributed by atoms with Gasteiger partial charge in [0.15, 0.2) is 0 Å². The van der Waals surface area contributed by atoms with Crippen LogP contribution in [0, 0.1) is 13.8 Å². The van der Waals surface area contributed by atoms with Gasteiger partial charge in [0.2, 0.25) is 0 Å². The van der Waals surface area contributed by atoms with Crippen LogP contribution in [0.25, 0.3) is 10.9 Å². The largest absolute Gasteiger partial charge is 0.478 e. The molecule has 3 nitrogen and oxygen atoms in total. The predicted octanol–water partition coefficient (Wildman–Crippen LogP) is 4.10. The average Bonchev–Trinajstić information content (AvgIpc) is 2.59. The van der Waals surface area contributed by atoms with Crippen LogP contribution < -0.4 is 0 Å². The van der Waals surface area contributed by atoms with E-state index in [0.29, 0.717) is 5.56 Å². The van der Waals surface area contributed by atoms with E-state index in [1.807, 2.05) is 13.0 Å². The number of fused-ring (bicyclic) bond motifs is 1. The molecule has 0 aliphatic heterocycles. The molecule has 1 aromatic carbocycles. The number of rotatable bonds is 3. The van der Waals surface area contributed by atoms with Crippen LogP contribution in [0.15, 0.2) is 12.1 Å². The van der Waals surface area contributed by atoms with Crippen molar-refractivity contribution in [2.75, 3.05) is 0 Å². The summed E-state index contributed by atoms with van der Waals surface area (Å²) in [6.07, 6.45) is 0.921. The fourth-order valence-corrected chi connectivity index (χ4v) is 3.06. The van der Waals surface area contributed by atoms with E-state index >= 15 is 0 Å². The van der Waals surface area contributed by atoms with Crippen molar-refractivity contribution < 1.29 is 9.90 Å². The Hall–Kier alpha value is -1.77. The molecule has 2 aromatic rings. The lowest BCUT2D eigenvalue weighted by molar-refractivity contribution is 0.0698. The minimum Gasteiger partial charge on any atom is -0.478 e. The number of nitrogens with zero attached hydrogens (tertiary/aromatic N) is 1. The summed E-state index contributed by atoms with van der Waals surface area (Å²) in [4.78, 5) is 11.6. The van der Waals surface area contributed by atoms with Crippen molar-refractivity contribution in [1.29, 1.82) is 0 Å². The second-order valence-corrected chi connectivity index (χ2v) is 5.34. The highest BCUT2D eigenvalue weighted by Crippen LogP contribution is 2.33. The highest BCUT2D eigenvalue weighted by Gasteiger charge is 2.21. The summed E-state index contributed by atoms with van der Waals surface area (Å²) < 4.78 is 2.16. The molecular formula is C16H21NO2. The minimum atomic E-state index is -0.842. The van der Waals surface area contributed by atoms with Gasteiger partial charge in [0.1, 0.15) is 0 Å². The van der Waals surface area contributed by atoms with E-state index in [4.69, 9.17) is 0 Å². The molecule has 0 aliphatic carbocycles. The van der Waals surface area contributed by atoms with Crippen molar-refractivity contribution >= 4 is 16.9 Å². The second-order valence-electron chi connectivity index (χ2n) is 5.34. The highest BCUT2D eigenvalue weighted by molar-refractivity contribution is 6.05. The summed E-state index contributed by atoms with van der Waals surface area (Å²) in [7, 11) is 0. The summed E-state index contributed by atoms with van der Waals surface area (Å²) in [5.74, 6) is -0.842. The van der Waals surface area contributed by atoms with Crippen molar-refractivity contribution in [3.05, 3.63) is 34.5 Å². The molecule has 19 heavy (non-hydrogen) atoms. The van der Waals surface area contributed by atoms with Gasteiger partial charge < -0.3 is 9.67 Å². The van der Waals surface area contributed by atoms with E-state index in [-0.39, 0.29) is 6.04 Å². The van der Waals surface area contributed by atoms with Gasteiger partial charge in [-0.15, -0.1) is 0 Å². The fraction of sp³-hybridized carbons (Fsp3) is 0.438. The van der Waals surface area contributed by atoms with Crippen LogP contribution in [0.2, 0.25) is 0 Å². The molecule has 1 heterocycles. The van der Waals surface area contributed by atoms with Gasteiger partial charge in [0.05, 0.1) is 11.1 Å². The van der Waals surface area contributed by atoms with E-state index in [9.17, 15) is 9.90 Å². The number of benzene rings is 1. The van der Waals surface area contributed by atoms with Gasteiger partial charge in [-0.1, -0.05) is 19.1 Å². The van der Waals surface area contributed by atoms with E-state index < -0.39 is 5.97 Å². The zero-order valence-electron chi connectivity index (χ0n) is 12.2. The van der Waals surface area contributed by atoms with Crippen molar-refractivity contribution in [3.63, 3.8) is 0 Å². The van der Waals surface area contributed by atoms with Gasteiger partial charge in [-0.25, -0.2) is 4.79 Å². The van der Waals surface area contributed by atoms with Gasteiger partial charge in [-0.3, -0.25) is 0 Å². The Bertz CT molecular complexity index is 651. The number of hydrogen-bond donors (Lipinski definition) is 1. The van der Waals surface area contributed by atoms with Crippen LogP contribution in [0.5, 0.6) is 0 Å². The maximum atomic E-state index is 11.6. The zero-order chi connectivity index (χ0) is 14.3. The molecule has 0 saturated carbocycles. The van der Waals surface area contributed by atoms with Crippen LogP contribution >= 0.6 is 0 Å². The Labute approximate surface area is 113 Å². The summed E-state index contributed by atoms with van der Waals surface area (Å²) in [6.45, 7) is 10.3. The first-order valence-electron chi connectivity index (χ1n) is 6.76. The molecule has 0 fully saturated rings. The molecule has 2 rings (SSSR count). The fourth-order valence-electron chi connectivity index (χ4n) is 3.06. The number of carboxylic acid groups (broad SMARTS) is 1. The topological polar surface area (TPSA) is 42.2 Å². The van der Waals surface area contributed by atoms with Crippen molar-refractivity contribution in [2.24, 2.45) is 0 Å². The Morgan fingerprint density at radius 2 is 1.95 bits per heavy atom. The van der Waals surface area contributed by atoms with Gasteiger partial charge in [-0.2, -0.15) is 0 Å². The maximum absolute atomic E-state index is 11.6. The maximum Gasteiger partial charge on any atom is 0.338 e. The average molecular weight is 259 g/mol. The molecule has 0 bridgehead atoms. The summed E-state index contributed by atoms with van der Waals surface area (Å²) in [5, 5.41) is 10.6. The lowest BCUT2D eigenvalue weighted by atomic mass is 10.0. The third-order valence-corrected chi connectivity index (χ3v) is 3.83. The van der Waals surface area contributed by atoms with Crippen LogP contribution in [0.3, 0.4) is 0 Å².